The molecule has 0 spiro atoms. The molecule has 0 fully saturated rings. The molecule has 0 amide bonds. The smallest absolute Gasteiger partial charge is 0.137 e. The van der Waals surface area contributed by atoms with Crippen molar-refractivity contribution in [1.82, 2.24) is 0 Å². The molecule has 15 heavy (non-hydrogen) atoms. The van der Waals surface area contributed by atoms with Gasteiger partial charge in [-0.15, -0.1) is 0 Å². The van der Waals surface area contributed by atoms with Crippen LogP contribution >= 0.6 is 11.6 Å². The van der Waals surface area contributed by atoms with Gasteiger partial charge < -0.3 is 9.47 Å². The topological polar surface area (TPSA) is 42.2 Å². The Hall–Kier alpha value is -1.24. The third kappa shape index (κ3) is 3.78. The van der Waals surface area contributed by atoms with Gasteiger partial charge in [-0.3, -0.25) is 0 Å². The largest absolute Gasteiger partial charge is 0.490 e. The second kappa shape index (κ2) is 6.28. The number of hydrogen-bond acceptors (Lipinski definition) is 3. The molecule has 0 heterocycles. The Balaban J connectivity index is 2.57. The summed E-state index contributed by atoms with van der Waals surface area (Å²) in [6.45, 7) is 3.53. The standard InChI is InChI=1S/C11H12ClNO2/c1-2-14-5-6-15-11-4-3-10(12)7-9(11)8-13/h3-4,7H,2,5-6H2,1H3. The minimum atomic E-state index is 0.435. The predicted molar refractivity (Wildman–Crippen MR) is 58.2 cm³/mol. The Morgan fingerprint density at radius 2 is 2.20 bits per heavy atom. The van der Waals surface area contributed by atoms with Crippen molar-refractivity contribution in [2.24, 2.45) is 0 Å². The summed E-state index contributed by atoms with van der Waals surface area (Å²) in [5.41, 5.74) is 0.444. The maximum atomic E-state index is 8.83. The van der Waals surface area contributed by atoms with Crippen LogP contribution in [0.3, 0.4) is 0 Å². The normalized spacial score (nSPS) is 9.67. The first kappa shape index (κ1) is 11.8. The van der Waals surface area contributed by atoms with E-state index in [1.54, 1.807) is 18.2 Å². The fourth-order valence-electron chi connectivity index (χ4n) is 1.07. The number of benzene rings is 1. The summed E-state index contributed by atoms with van der Waals surface area (Å²) in [4.78, 5) is 0. The number of nitrogens with zero attached hydrogens (tertiary/aromatic N) is 1. The molecule has 0 aromatic heterocycles. The highest BCUT2D eigenvalue weighted by molar-refractivity contribution is 6.30. The van der Waals surface area contributed by atoms with Gasteiger partial charge in [0.1, 0.15) is 18.4 Å². The Kier molecular flexibility index (Phi) is 4.96. The lowest BCUT2D eigenvalue weighted by Gasteiger charge is -2.07. The average Bonchev–Trinajstić information content (AvgIpc) is 2.26. The van der Waals surface area contributed by atoms with Crippen molar-refractivity contribution in [2.45, 2.75) is 6.92 Å². The molecular weight excluding hydrogens is 214 g/mol. The molecule has 0 radical (unpaired) electrons. The van der Waals surface area contributed by atoms with Crippen molar-refractivity contribution in [2.75, 3.05) is 19.8 Å². The molecule has 0 bridgehead atoms. The van der Waals surface area contributed by atoms with E-state index in [1.807, 2.05) is 13.0 Å². The minimum absolute atomic E-state index is 0.435. The van der Waals surface area contributed by atoms with E-state index < -0.39 is 0 Å². The Labute approximate surface area is 94.2 Å². The van der Waals surface area contributed by atoms with Gasteiger partial charge in [-0.25, -0.2) is 0 Å². The molecule has 0 aliphatic rings. The molecule has 0 saturated carbocycles. The van der Waals surface area contributed by atoms with Gasteiger partial charge >= 0.3 is 0 Å². The lowest BCUT2D eigenvalue weighted by Crippen LogP contribution is -2.07. The second-order valence-electron chi connectivity index (χ2n) is 2.80. The Morgan fingerprint density at radius 1 is 1.40 bits per heavy atom. The summed E-state index contributed by atoms with van der Waals surface area (Å²) in [6.07, 6.45) is 0. The SMILES string of the molecule is CCOCCOc1ccc(Cl)cc1C#N. The summed E-state index contributed by atoms with van der Waals surface area (Å²) in [6, 6.07) is 6.99. The lowest BCUT2D eigenvalue weighted by atomic mass is 10.2. The summed E-state index contributed by atoms with van der Waals surface area (Å²) >= 11 is 5.75. The van der Waals surface area contributed by atoms with Crippen LogP contribution in [-0.2, 0) is 4.74 Å². The van der Waals surface area contributed by atoms with Gasteiger partial charge in [0.15, 0.2) is 0 Å². The van der Waals surface area contributed by atoms with Gasteiger partial charge in [-0.05, 0) is 25.1 Å². The molecule has 0 aliphatic carbocycles. The quantitative estimate of drug-likeness (QED) is 0.724. The van der Waals surface area contributed by atoms with Gasteiger partial charge in [0, 0.05) is 11.6 Å². The highest BCUT2D eigenvalue weighted by Crippen LogP contribution is 2.21. The number of halogens is 1. The van der Waals surface area contributed by atoms with E-state index in [9.17, 15) is 0 Å². The average molecular weight is 226 g/mol. The Bertz CT molecular complexity index is 360. The van der Waals surface area contributed by atoms with Crippen molar-refractivity contribution >= 4 is 11.6 Å². The predicted octanol–water partition coefficient (Wildman–Crippen LogP) is 2.63. The van der Waals surface area contributed by atoms with E-state index in [0.717, 1.165) is 0 Å². The molecule has 0 atom stereocenters. The molecule has 0 saturated heterocycles. The molecule has 3 nitrogen and oxygen atoms in total. The van der Waals surface area contributed by atoms with Crippen LogP contribution in [0.15, 0.2) is 18.2 Å². The monoisotopic (exact) mass is 225 g/mol. The van der Waals surface area contributed by atoms with Gasteiger partial charge in [-0.1, -0.05) is 11.6 Å². The number of ether oxygens (including phenoxy) is 2. The molecule has 1 rings (SSSR count). The third-order valence-corrected chi connectivity index (χ3v) is 1.99. The van der Waals surface area contributed by atoms with E-state index >= 15 is 0 Å². The zero-order valence-electron chi connectivity index (χ0n) is 8.50. The number of hydrogen-bond donors (Lipinski definition) is 0. The van der Waals surface area contributed by atoms with Gasteiger partial charge in [0.2, 0.25) is 0 Å². The maximum absolute atomic E-state index is 8.83. The number of rotatable bonds is 5. The lowest BCUT2D eigenvalue weighted by molar-refractivity contribution is 0.110. The van der Waals surface area contributed by atoms with Crippen LogP contribution in [0.1, 0.15) is 12.5 Å². The first-order valence-electron chi connectivity index (χ1n) is 4.68. The van der Waals surface area contributed by atoms with Crippen LogP contribution < -0.4 is 4.74 Å². The van der Waals surface area contributed by atoms with Crippen LogP contribution in [0, 0.1) is 11.3 Å². The van der Waals surface area contributed by atoms with Crippen LogP contribution in [-0.4, -0.2) is 19.8 Å². The fraction of sp³-hybridized carbons (Fsp3) is 0.364. The maximum Gasteiger partial charge on any atom is 0.137 e. The molecule has 1 aromatic rings. The van der Waals surface area contributed by atoms with Crippen molar-refractivity contribution in [3.63, 3.8) is 0 Å². The van der Waals surface area contributed by atoms with Gasteiger partial charge in [0.05, 0.1) is 12.2 Å². The van der Waals surface area contributed by atoms with Crippen LogP contribution in [0.25, 0.3) is 0 Å². The number of nitriles is 1. The Morgan fingerprint density at radius 3 is 2.87 bits per heavy atom. The zero-order chi connectivity index (χ0) is 11.1. The summed E-state index contributed by atoms with van der Waals surface area (Å²) in [5, 5.41) is 9.36. The molecule has 0 unspecified atom stereocenters. The van der Waals surface area contributed by atoms with E-state index in [2.05, 4.69) is 0 Å². The molecule has 4 heteroatoms. The van der Waals surface area contributed by atoms with Crippen molar-refractivity contribution in [3.05, 3.63) is 28.8 Å². The van der Waals surface area contributed by atoms with E-state index in [4.69, 9.17) is 26.3 Å². The first-order chi connectivity index (χ1) is 7.27. The first-order valence-corrected chi connectivity index (χ1v) is 5.06. The molecule has 80 valence electrons. The van der Waals surface area contributed by atoms with Crippen molar-refractivity contribution in [1.29, 1.82) is 5.26 Å². The molecule has 0 aliphatic heterocycles. The van der Waals surface area contributed by atoms with Crippen LogP contribution in [0.5, 0.6) is 5.75 Å². The highest BCUT2D eigenvalue weighted by Gasteiger charge is 2.03. The van der Waals surface area contributed by atoms with Crippen LogP contribution in [0.4, 0.5) is 0 Å². The summed E-state index contributed by atoms with van der Waals surface area (Å²) in [5.74, 6) is 0.543. The van der Waals surface area contributed by atoms with Crippen molar-refractivity contribution < 1.29 is 9.47 Å². The van der Waals surface area contributed by atoms with Crippen LogP contribution in [0.2, 0.25) is 5.02 Å². The molecule has 0 N–H and O–H groups in total. The third-order valence-electron chi connectivity index (χ3n) is 1.75. The van der Waals surface area contributed by atoms with Crippen molar-refractivity contribution in [3.8, 4) is 11.8 Å². The molecule has 1 aromatic carbocycles. The minimum Gasteiger partial charge on any atom is -0.490 e. The second-order valence-corrected chi connectivity index (χ2v) is 3.23. The van der Waals surface area contributed by atoms with Gasteiger partial charge in [-0.2, -0.15) is 5.26 Å². The summed E-state index contributed by atoms with van der Waals surface area (Å²) in [7, 11) is 0. The molecular formula is C11H12ClNO2. The van der Waals surface area contributed by atoms with E-state index in [1.165, 1.54) is 0 Å². The fourth-order valence-corrected chi connectivity index (χ4v) is 1.24. The van der Waals surface area contributed by atoms with E-state index in [0.29, 0.717) is 36.2 Å². The highest BCUT2D eigenvalue weighted by atomic mass is 35.5. The summed E-state index contributed by atoms with van der Waals surface area (Å²) < 4.78 is 10.5. The zero-order valence-corrected chi connectivity index (χ0v) is 9.25. The van der Waals surface area contributed by atoms with E-state index in [-0.39, 0.29) is 0 Å². The van der Waals surface area contributed by atoms with Gasteiger partial charge in [0.25, 0.3) is 0 Å².